The molecule has 8 heteroatoms. The van der Waals surface area contributed by atoms with E-state index in [0.717, 1.165) is 0 Å². The number of nitrogens with zero attached hydrogens (tertiary/aromatic N) is 3. The molecule has 0 spiro atoms. The molecule has 7 nitrogen and oxygen atoms in total. The van der Waals surface area contributed by atoms with Crippen molar-refractivity contribution in [3.05, 3.63) is 65.5 Å². The summed E-state index contributed by atoms with van der Waals surface area (Å²) in [6.07, 6.45) is 10.1. The van der Waals surface area contributed by atoms with Gasteiger partial charge in [-0.2, -0.15) is 0 Å². The molecule has 3 aromatic rings. The molecule has 3 rings (SSSR count). The number of anilines is 2. The van der Waals surface area contributed by atoms with Crippen LogP contribution in [0.4, 0.5) is 16.0 Å². The smallest absolute Gasteiger partial charge is 0.227 e. The summed E-state index contributed by atoms with van der Waals surface area (Å²) >= 11 is 0. The molecule has 0 atom stereocenters. The zero-order chi connectivity index (χ0) is 21.5. The number of nitrogens with one attached hydrogen (secondary N) is 1. The number of benzene rings is 1. The summed E-state index contributed by atoms with van der Waals surface area (Å²) in [5.74, 6) is 2.42. The first-order valence-corrected chi connectivity index (χ1v) is 9.08. The molecule has 1 aromatic carbocycles. The maximum atomic E-state index is 14.5. The van der Waals surface area contributed by atoms with Gasteiger partial charge in [0, 0.05) is 17.5 Å². The van der Waals surface area contributed by atoms with Crippen molar-refractivity contribution in [2.75, 3.05) is 12.4 Å². The summed E-state index contributed by atoms with van der Waals surface area (Å²) < 4.78 is 25.1. The van der Waals surface area contributed by atoms with Gasteiger partial charge in [0.15, 0.2) is 23.1 Å². The molecule has 0 aliphatic heterocycles. The maximum Gasteiger partial charge on any atom is 0.227 e. The predicted molar refractivity (Wildman–Crippen MR) is 109 cm³/mol. The average Bonchev–Trinajstić information content (AvgIpc) is 2.79. The number of aromatic nitrogens is 3. The first kappa shape index (κ1) is 20.7. The van der Waals surface area contributed by atoms with Crippen molar-refractivity contribution >= 4 is 17.4 Å². The van der Waals surface area contributed by atoms with E-state index in [1.165, 1.54) is 31.6 Å². The van der Waals surface area contributed by atoms with Gasteiger partial charge >= 0.3 is 0 Å². The Labute approximate surface area is 173 Å². The lowest BCUT2D eigenvalue weighted by atomic mass is 10.0. The molecule has 0 aliphatic rings. The number of carbonyl (C=O) groups is 1. The number of hydrogen-bond acceptors (Lipinski definition) is 7. The molecule has 0 saturated heterocycles. The van der Waals surface area contributed by atoms with Crippen LogP contribution in [-0.2, 0) is 6.61 Å². The van der Waals surface area contributed by atoms with Gasteiger partial charge in [-0.25, -0.2) is 19.3 Å². The highest BCUT2D eigenvalue weighted by molar-refractivity contribution is 5.96. The van der Waals surface area contributed by atoms with Crippen LogP contribution in [0.15, 0.2) is 42.9 Å². The van der Waals surface area contributed by atoms with E-state index in [4.69, 9.17) is 15.9 Å². The fourth-order valence-corrected chi connectivity index (χ4v) is 2.57. The molecular formula is C22H19FN4O3. The van der Waals surface area contributed by atoms with Crippen LogP contribution < -0.4 is 14.8 Å². The highest BCUT2D eigenvalue weighted by atomic mass is 19.1. The van der Waals surface area contributed by atoms with Gasteiger partial charge in [-0.3, -0.25) is 4.79 Å². The second-order valence-electron chi connectivity index (χ2n) is 6.16. The number of terminal acetylenes is 1. The van der Waals surface area contributed by atoms with Crippen LogP contribution in [0.3, 0.4) is 0 Å². The van der Waals surface area contributed by atoms with Crippen LogP contribution >= 0.6 is 0 Å². The van der Waals surface area contributed by atoms with Gasteiger partial charge < -0.3 is 14.8 Å². The minimum atomic E-state index is -0.577. The number of rotatable bonds is 8. The summed E-state index contributed by atoms with van der Waals surface area (Å²) in [6, 6.07) is 6.31. The Balaban J connectivity index is 1.68. The molecule has 0 unspecified atom stereocenters. The molecule has 30 heavy (non-hydrogen) atoms. The zero-order valence-electron chi connectivity index (χ0n) is 16.5. The Morgan fingerprint density at radius 1 is 1.20 bits per heavy atom. The lowest BCUT2D eigenvalue weighted by Gasteiger charge is -2.12. The number of ether oxygens (including phenoxy) is 2. The normalized spacial score (nSPS) is 10.2. The van der Waals surface area contributed by atoms with Gasteiger partial charge in [0.05, 0.1) is 31.4 Å². The monoisotopic (exact) mass is 406 g/mol. The van der Waals surface area contributed by atoms with Crippen molar-refractivity contribution in [2.24, 2.45) is 0 Å². The highest BCUT2D eigenvalue weighted by Gasteiger charge is 2.15. The summed E-state index contributed by atoms with van der Waals surface area (Å²) in [6.45, 7) is 1.63. The lowest BCUT2D eigenvalue weighted by molar-refractivity contribution is 0.0987. The molecule has 0 fully saturated rings. The molecule has 0 saturated carbocycles. The van der Waals surface area contributed by atoms with E-state index in [9.17, 15) is 9.18 Å². The summed E-state index contributed by atoms with van der Waals surface area (Å²) in [7, 11) is 1.35. The Hall–Kier alpha value is -3.99. The Bertz CT molecular complexity index is 1080. The van der Waals surface area contributed by atoms with E-state index in [0.29, 0.717) is 35.1 Å². The number of Topliss-reactive ketones (excluding diaryl/α,β-unsaturated/α-hetero) is 1. The van der Waals surface area contributed by atoms with E-state index in [1.54, 1.807) is 25.3 Å². The number of halogens is 1. The maximum absolute atomic E-state index is 14.5. The average molecular weight is 406 g/mol. The van der Waals surface area contributed by atoms with E-state index in [-0.39, 0.29) is 23.7 Å². The molecule has 2 aromatic heterocycles. The number of pyridine rings is 1. The van der Waals surface area contributed by atoms with E-state index >= 15 is 0 Å². The topological polar surface area (TPSA) is 86.2 Å². The molecule has 0 amide bonds. The van der Waals surface area contributed by atoms with Crippen LogP contribution in [0.5, 0.6) is 11.5 Å². The second kappa shape index (κ2) is 9.47. The minimum Gasteiger partial charge on any atom is -0.494 e. The fourth-order valence-electron chi connectivity index (χ4n) is 2.57. The Kier molecular flexibility index (Phi) is 6.55. The van der Waals surface area contributed by atoms with E-state index in [2.05, 4.69) is 26.2 Å². The molecule has 2 heterocycles. The van der Waals surface area contributed by atoms with Crippen LogP contribution in [0.1, 0.15) is 35.0 Å². The molecule has 0 radical (unpaired) electrons. The summed E-state index contributed by atoms with van der Waals surface area (Å²) in [5.41, 5.74) is 1.77. The lowest BCUT2D eigenvalue weighted by Crippen LogP contribution is -2.06. The summed E-state index contributed by atoms with van der Waals surface area (Å²) in [4.78, 5) is 24.4. The molecular weight excluding hydrogens is 387 g/mol. The van der Waals surface area contributed by atoms with Gasteiger partial charge in [-0.15, -0.1) is 6.42 Å². The Morgan fingerprint density at radius 3 is 2.57 bits per heavy atom. The third-order valence-electron chi connectivity index (χ3n) is 4.17. The van der Waals surface area contributed by atoms with Gasteiger partial charge in [-0.05, 0) is 24.3 Å². The van der Waals surface area contributed by atoms with E-state index in [1.807, 2.05) is 0 Å². The SMILES string of the molecule is C#Cc1ccc(Nc2ncc(OCc3cc(C(=O)CC)cc(OC)c3F)cn2)cn1. The zero-order valence-corrected chi connectivity index (χ0v) is 16.5. The Morgan fingerprint density at radius 2 is 1.97 bits per heavy atom. The molecule has 0 bridgehead atoms. The van der Waals surface area contributed by atoms with Crippen molar-refractivity contribution < 1.29 is 18.7 Å². The fraction of sp³-hybridized carbons (Fsp3) is 0.182. The van der Waals surface area contributed by atoms with Crippen LogP contribution in [0, 0.1) is 18.2 Å². The van der Waals surface area contributed by atoms with Crippen LogP contribution in [-0.4, -0.2) is 27.8 Å². The van der Waals surface area contributed by atoms with Crippen LogP contribution in [0.2, 0.25) is 0 Å². The van der Waals surface area contributed by atoms with Crippen molar-refractivity contribution in [1.29, 1.82) is 0 Å². The van der Waals surface area contributed by atoms with Crippen molar-refractivity contribution in [1.82, 2.24) is 15.0 Å². The second-order valence-corrected chi connectivity index (χ2v) is 6.16. The summed E-state index contributed by atoms with van der Waals surface area (Å²) in [5, 5.41) is 2.98. The van der Waals surface area contributed by atoms with Crippen molar-refractivity contribution in [2.45, 2.75) is 20.0 Å². The standard InChI is InChI=1S/C22H19FN4O3/c1-4-16-6-7-17(10-24-16)27-22-25-11-18(12-26-22)30-13-15-8-14(19(28)5-2)9-20(29-3)21(15)23/h1,6-12H,5,13H2,2-3H3,(H,25,26,27). The molecule has 1 N–H and O–H groups in total. The third kappa shape index (κ3) is 4.89. The van der Waals surface area contributed by atoms with Crippen molar-refractivity contribution in [3.8, 4) is 23.8 Å². The van der Waals surface area contributed by atoms with Crippen LogP contribution in [0.25, 0.3) is 0 Å². The first-order valence-electron chi connectivity index (χ1n) is 9.08. The van der Waals surface area contributed by atoms with Crippen molar-refractivity contribution in [3.63, 3.8) is 0 Å². The van der Waals surface area contributed by atoms with E-state index < -0.39 is 5.82 Å². The minimum absolute atomic E-state index is 0.00633. The van der Waals surface area contributed by atoms with Gasteiger partial charge in [0.2, 0.25) is 5.95 Å². The van der Waals surface area contributed by atoms with Gasteiger partial charge in [0.25, 0.3) is 0 Å². The number of hydrogen-bond donors (Lipinski definition) is 1. The third-order valence-corrected chi connectivity index (χ3v) is 4.17. The highest BCUT2D eigenvalue weighted by Crippen LogP contribution is 2.25. The quantitative estimate of drug-likeness (QED) is 0.448. The molecule has 152 valence electrons. The number of methoxy groups -OCH3 is 1. The van der Waals surface area contributed by atoms with Gasteiger partial charge in [0.1, 0.15) is 12.3 Å². The predicted octanol–water partition coefficient (Wildman–Crippen LogP) is 3.92. The number of carbonyl (C=O) groups excluding carboxylic acids is 1. The molecule has 0 aliphatic carbocycles. The van der Waals surface area contributed by atoms with Gasteiger partial charge in [-0.1, -0.05) is 12.8 Å². The number of ketones is 1. The largest absolute Gasteiger partial charge is 0.494 e. The first-order chi connectivity index (χ1) is 14.5.